The number of anilines is 1. The minimum absolute atomic E-state index is 0.0346. The highest BCUT2D eigenvalue weighted by molar-refractivity contribution is 7.99. The van der Waals surface area contributed by atoms with Crippen LogP contribution in [0.1, 0.15) is 38.5 Å². The number of carbonyl (C=O) groups is 1. The monoisotopic (exact) mass is 442 g/mol. The minimum atomic E-state index is -3.47. The summed E-state index contributed by atoms with van der Waals surface area (Å²) in [4.78, 5) is 12.1. The second-order valence-electron chi connectivity index (χ2n) is 7.39. The van der Waals surface area contributed by atoms with E-state index in [9.17, 15) is 13.2 Å². The number of rotatable bonds is 10. The summed E-state index contributed by atoms with van der Waals surface area (Å²) in [5, 5.41) is 3.69. The van der Waals surface area contributed by atoms with E-state index in [1.54, 1.807) is 18.2 Å². The molecule has 1 aromatic rings. The number of sulfonamides is 1. The average molecular weight is 443 g/mol. The van der Waals surface area contributed by atoms with Crippen molar-refractivity contribution in [1.29, 1.82) is 0 Å². The highest BCUT2D eigenvalue weighted by atomic mass is 32.2. The van der Waals surface area contributed by atoms with Gasteiger partial charge in [-0.1, -0.05) is 12.8 Å². The first-order valence-corrected chi connectivity index (χ1v) is 13.1. The molecule has 1 amide bonds. The first-order valence-electron chi connectivity index (χ1n) is 10.2. The number of amides is 1. The summed E-state index contributed by atoms with van der Waals surface area (Å²) in [6, 6.07) is 5.10. The third-order valence-corrected chi connectivity index (χ3v) is 7.64. The van der Waals surface area contributed by atoms with Gasteiger partial charge in [0.2, 0.25) is 15.9 Å². The smallest absolute Gasteiger partial charge is 0.232 e. The molecule has 0 aromatic heterocycles. The number of ether oxygens (including phenoxy) is 2. The van der Waals surface area contributed by atoms with Gasteiger partial charge in [0.05, 0.1) is 11.9 Å². The molecule has 0 spiro atoms. The molecule has 9 heteroatoms. The van der Waals surface area contributed by atoms with Crippen LogP contribution in [0.4, 0.5) is 5.69 Å². The van der Waals surface area contributed by atoms with E-state index in [4.69, 9.17) is 9.47 Å². The van der Waals surface area contributed by atoms with E-state index in [1.807, 2.05) is 11.8 Å². The van der Waals surface area contributed by atoms with Crippen LogP contribution in [0.15, 0.2) is 18.2 Å². The lowest BCUT2D eigenvalue weighted by Crippen LogP contribution is -2.32. The zero-order valence-electron chi connectivity index (χ0n) is 16.9. The van der Waals surface area contributed by atoms with Crippen LogP contribution in [0, 0.1) is 0 Å². The maximum Gasteiger partial charge on any atom is 0.232 e. The highest BCUT2D eigenvalue weighted by Gasteiger charge is 2.21. The molecule has 0 radical (unpaired) electrons. The summed E-state index contributed by atoms with van der Waals surface area (Å²) in [6.45, 7) is 1.83. The predicted molar refractivity (Wildman–Crippen MR) is 117 cm³/mol. The topological polar surface area (TPSA) is 84.9 Å². The fourth-order valence-corrected chi connectivity index (χ4v) is 5.79. The molecule has 29 heavy (non-hydrogen) atoms. The number of thioether (sulfide) groups is 1. The van der Waals surface area contributed by atoms with Gasteiger partial charge in [-0.3, -0.25) is 9.10 Å². The van der Waals surface area contributed by atoms with Gasteiger partial charge >= 0.3 is 0 Å². The van der Waals surface area contributed by atoms with Crippen LogP contribution < -0.4 is 19.1 Å². The van der Waals surface area contributed by atoms with E-state index in [-0.39, 0.29) is 12.5 Å². The summed E-state index contributed by atoms with van der Waals surface area (Å²) in [6.07, 6.45) is 7.14. The molecule has 0 saturated heterocycles. The van der Waals surface area contributed by atoms with Crippen molar-refractivity contribution in [2.24, 2.45) is 0 Å². The lowest BCUT2D eigenvalue weighted by Gasteiger charge is -2.25. The molecule has 2 aliphatic rings. The molecular formula is C20H30N2O5S2. The van der Waals surface area contributed by atoms with Crippen LogP contribution in [-0.2, 0) is 14.8 Å². The van der Waals surface area contributed by atoms with Gasteiger partial charge in [0.15, 0.2) is 11.5 Å². The van der Waals surface area contributed by atoms with E-state index >= 15 is 0 Å². The lowest BCUT2D eigenvalue weighted by molar-refractivity contribution is -0.121. The largest absolute Gasteiger partial charge is 0.486 e. The molecule has 1 aromatic carbocycles. The molecule has 0 bridgehead atoms. The van der Waals surface area contributed by atoms with Gasteiger partial charge in [-0.15, -0.1) is 0 Å². The summed E-state index contributed by atoms with van der Waals surface area (Å²) in [7, 11) is -3.47. The Kier molecular flexibility index (Phi) is 7.94. The van der Waals surface area contributed by atoms with Gasteiger partial charge in [-0.2, -0.15) is 11.8 Å². The second kappa shape index (κ2) is 10.4. The van der Waals surface area contributed by atoms with Crippen molar-refractivity contribution < 1.29 is 22.7 Å². The van der Waals surface area contributed by atoms with Crippen molar-refractivity contribution in [2.75, 3.05) is 42.6 Å². The van der Waals surface area contributed by atoms with Crippen molar-refractivity contribution in [3.63, 3.8) is 0 Å². The maximum absolute atomic E-state index is 12.3. The number of hydrogen-bond acceptors (Lipinski definition) is 6. The number of fused-ring (bicyclic) bond motifs is 1. The van der Waals surface area contributed by atoms with Gasteiger partial charge in [-0.25, -0.2) is 8.42 Å². The van der Waals surface area contributed by atoms with Crippen LogP contribution in [0.5, 0.6) is 11.5 Å². The van der Waals surface area contributed by atoms with E-state index in [1.165, 1.54) is 36.2 Å². The molecule has 0 atom stereocenters. The highest BCUT2D eigenvalue weighted by Crippen LogP contribution is 2.34. The van der Waals surface area contributed by atoms with Crippen molar-refractivity contribution in [3.05, 3.63) is 18.2 Å². The molecule has 1 heterocycles. The van der Waals surface area contributed by atoms with Crippen molar-refractivity contribution in [2.45, 2.75) is 43.8 Å². The molecule has 1 N–H and O–H groups in total. The standard InChI is InChI=1S/C20H30N2O5S2/c1-29(24,25)22(16-8-9-18-19(15-16)27-13-12-26-18)11-4-7-20(23)21-10-14-28-17-5-2-3-6-17/h8-9,15,17H,2-7,10-14H2,1H3,(H,21,23). The maximum atomic E-state index is 12.3. The van der Waals surface area contributed by atoms with Gasteiger partial charge in [0, 0.05) is 36.6 Å². The predicted octanol–water partition coefficient (Wildman–Crippen LogP) is 2.80. The van der Waals surface area contributed by atoms with Gasteiger partial charge in [0.25, 0.3) is 0 Å². The Hall–Kier alpha value is -1.61. The first-order chi connectivity index (χ1) is 13.9. The van der Waals surface area contributed by atoms with Gasteiger partial charge < -0.3 is 14.8 Å². The third kappa shape index (κ3) is 6.70. The minimum Gasteiger partial charge on any atom is -0.486 e. The van der Waals surface area contributed by atoms with Crippen LogP contribution in [-0.4, -0.2) is 57.9 Å². The molecule has 0 unspecified atom stereocenters. The number of benzene rings is 1. The molecular weight excluding hydrogens is 412 g/mol. The third-order valence-electron chi connectivity index (χ3n) is 5.06. The summed E-state index contributed by atoms with van der Waals surface area (Å²) >= 11 is 1.94. The van der Waals surface area contributed by atoms with Crippen LogP contribution in [0.25, 0.3) is 0 Å². The summed E-state index contributed by atoms with van der Waals surface area (Å²) < 4.78 is 36.9. The van der Waals surface area contributed by atoms with Crippen molar-refractivity contribution in [1.82, 2.24) is 5.32 Å². The quantitative estimate of drug-likeness (QED) is 0.561. The molecule has 162 valence electrons. The molecule has 1 aliphatic carbocycles. The molecule has 1 fully saturated rings. The molecule has 3 rings (SSSR count). The molecule has 1 saturated carbocycles. The van der Waals surface area contributed by atoms with E-state index in [2.05, 4.69) is 5.32 Å². The van der Waals surface area contributed by atoms with Gasteiger partial charge in [0.1, 0.15) is 13.2 Å². The van der Waals surface area contributed by atoms with Crippen molar-refractivity contribution in [3.8, 4) is 11.5 Å². The Morgan fingerprint density at radius 1 is 1.21 bits per heavy atom. The normalized spacial score (nSPS) is 16.6. The Morgan fingerprint density at radius 2 is 1.93 bits per heavy atom. The number of hydrogen-bond donors (Lipinski definition) is 1. The number of nitrogens with one attached hydrogen (secondary N) is 1. The SMILES string of the molecule is CS(=O)(=O)N(CCCC(=O)NCCSC1CCCC1)c1ccc2c(c1)OCCO2. The zero-order valence-corrected chi connectivity index (χ0v) is 18.5. The Bertz CT molecular complexity index is 794. The number of carbonyl (C=O) groups excluding carboxylic acids is 1. The van der Waals surface area contributed by atoms with E-state index in [0.717, 1.165) is 11.0 Å². The van der Waals surface area contributed by atoms with Crippen LogP contribution >= 0.6 is 11.8 Å². The van der Waals surface area contributed by atoms with Crippen LogP contribution in [0.3, 0.4) is 0 Å². The number of nitrogens with zero attached hydrogens (tertiary/aromatic N) is 1. The molecule has 1 aliphatic heterocycles. The Balaban J connectivity index is 1.45. The Morgan fingerprint density at radius 3 is 2.66 bits per heavy atom. The molecule has 7 nitrogen and oxygen atoms in total. The lowest BCUT2D eigenvalue weighted by atomic mass is 10.2. The zero-order chi connectivity index (χ0) is 20.7. The van der Waals surface area contributed by atoms with Crippen LogP contribution in [0.2, 0.25) is 0 Å². The van der Waals surface area contributed by atoms with E-state index in [0.29, 0.717) is 49.8 Å². The average Bonchev–Trinajstić information content (AvgIpc) is 3.21. The van der Waals surface area contributed by atoms with Gasteiger partial charge in [-0.05, 0) is 31.4 Å². The second-order valence-corrected chi connectivity index (χ2v) is 10.7. The summed E-state index contributed by atoms with van der Waals surface area (Å²) in [5.41, 5.74) is 0.519. The fraction of sp³-hybridized carbons (Fsp3) is 0.650. The van der Waals surface area contributed by atoms with Crippen molar-refractivity contribution >= 4 is 33.4 Å². The fourth-order valence-electron chi connectivity index (χ4n) is 3.62. The van der Waals surface area contributed by atoms with E-state index < -0.39 is 10.0 Å². The Labute approximate surface area is 177 Å². The first kappa shape index (κ1) is 22.1. The summed E-state index contributed by atoms with van der Waals surface area (Å²) in [5.74, 6) is 2.05.